The molecule has 30 heavy (non-hydrogen) atoms. The number of hydrogen-bond acceptors (Lipinski definition) is 8. The van der Waals surface area contributed by atoms with Gasteiger partial charge in [-0.05, 0) is 31.3 Å². The van der Waals surface area contributed by atoms with Gasteiger partial charge in [-0.15, -0.1) is 0 Å². The van der Waals surface area contributed by atoms with Gasteiger partial charge in [-0.25, -0.2) is 5.10 Å². The number of aromatic amines is 1. The molecule has 10 nitrogen and oxygen atoms in total. The number of nitrogens with zero attached hydrogens (tertiary/aromatic N) is 4. The summed E-state index contributed by atoms with van der Waals surface area (Å²) in [4.78, 5) is 10.8. The topological polar surface area (TPSA) is 117 Å². The van der Waals surface area contributed by atoms with Crippen molar-refractivity contribution in [2.24, 2.45) is 5.10 Å². The molecule has 3 aromatic rings. The van der Waals surface area contributed by atoms with Gasteiger partial charge in [0.05, 0.1) is 37.5 Å². The predicted octanol–water partition coefficient (Wildman–Crippen LogP) is 3.81. The van der Waals surface area contributed by atoms with Crippen LogP contribution >= 0.6 is 12.2 Å². The molecule has 0 saturated carbocycles. The Balaban J connectivity index is 2.09. The van der Waals surface area contributed by atoms with Gasteiger partial charge >= 0.3 is 5.69 Å². The van der Waals surface area contributed by atoms with Gasteiger partial charge in [-0.3, -0.25) is 10.1 Å². The van der Waals surface area contributed by atoms with Crippen LogP contribution in [0, 0.1) is 14.9 Å². The molecule has 0 unspecified atom stereocenters. The number of para-hydroxylation sites is 1. The average molecular weight is 429 g/mol. The number of ether oxygens (including phenoxy) is 3. The lowest BCUT2D eigenvalue weighted by Gasteiger charge is -2.09. The summed E-state index contributed by atoms with van der Waals surface area (Å²) in [5.41, 5.74) is 0.853. The Bertz CT molecular complexity index is 1150. The maximum Gasteiger partial charge on any atom is 0.311 e. The molecule has 156 valence electrons. The van der Waals surface area contributed by atoms with Crippen molar-refractivity contribution in [2.45, 2.75) is 6.92 Å². The molecule has 0 fully saturated rings. The van der Waals surface area contributed by atoms with E-state index < -0.39 is 4.92 Å². The maximum absolute atomic E-state index is 11.3. The summed E-state index contributed by atoms with van der Waals surface area (Å²) in [5.74, 6) is 1.50. The average Bonchev–Trinajstić information content (AvgIpc) is 3.12. The minimum absolute atomic E-state index is 0.0836. The van der Waals surface area contributed by atoms with Crippen molar-refractivity contribution in [3.05, 3.63) is 56.8 Å². The molecule has 0 radical (unpaired) electrons. The summed E-state index contributed by atoms with van der Waals surface area (Å²) in [7, 11) is 2.80. The standard InChI is InChI=1S/C19H19N5O5S/c1-4-29-15-8-6-5-7-13(15)18-21-22-19(30)23(18)20-11-12-9-14(24(25)26)17(28-3)10-16(12)27-2/h5-11H,4H2,1-3H3,(H,22,30)/b20-11-. The van der Waals surface area contributed by atoms with Crippen molar-refractivity contribution < 1.29 is 19.1 Å². The first-order chi connectivity index (χ1) is 14.5. The molecule has 1 aromatic heterocycles. The van der Waals surface area contributed by atoms with Crippen LogP contribution in [0.2, 0.25) is 0 Å². The van der Waals surface area contributed by atoms with E-state index in [1.165, 1.54) is 37.2 Å². The van der Waals surface area contributed by atoms with Crippen LogP contribution < -0.4 is 14.2 Å². The third-order valence-corrected chi connectivity index (χ3v) is 4.38. The van der Waals surface area contributed by atoms with Crippen LogP contribution in [-0.2, 0) is 0 Å². The number of benzene rings is 2. The Hall–Kier alpha value is -3.73. The molecule has 1 heterocycles. The zero-order chi connectivity index (χ0) is 21.7. The molecule has 0 atom stereocenters. The van der Waals surface area contributed by atoms with Gasteiger partial charge in [-0.1, -0.05) is 12.1 Å². The van der Waals surface area contributed by atoms with Crippen LogP contribution in [-0.4, -0.2) is 46.8 Å². The lowest BCUT2D eigenvalue weighted by Crippen LogP contribution is -2.01. The van der Waals surface area contributed by atoms with Crippen LogP contribution in [0.1, 0.15) is 12.5 Å². The highest BCUT2D eigenvalue weighted by Crippen LogP contribution is 2.34. The number of hydrogen-bond donors (Lipinski definition) is 1. The smallest absolute Gasteiger partial charge is 0.311 e. The van der Waals surface area contributed by atoms with E-state index in [0.717, 1.165) is 0 Å². The summed E-state index contributed by atoms with van der Waals surface area (Å²) in [6, 6.07) is 10.1. The zero-order valence-corrected chi connectivity index (χ0v) is 17.3. The fourth-order valence-electron chi connectivity index (χ4n) is 2.78. The molecule has 3 rings (SSSR count). The molecule has 11 heteroatoms. The van der Waals surface area contributed by atoms with Gasteiger partial charge in [-0.2, -0.15) is 14.9 Å². The third-order valence-electron chi connectivity index (χ3n) is 4.12. The highest BCUT2D eigenvalue weighted by molar-refractivity contribution is 7.71. The molecule has 0 aliphatic rings. The molecule has 0 aliphatic carbocycles. The Labute approximate surface area is 176 Å². The second-order valence-electron chi connectivity index (χ2n) is 5.86. The van der Waals surface area contributed by atoms with E-state index in [0.29, 0.717) is 35.1 Å². The molecule has 0 amide bonds. The van der Waals surface area contributed by atoms with Crippen LogP contribution in [0.15, 0.2) is 41.5 Å². The fourth-order valence-corrected chi connectivity index (χ4v) is 2.95. The van der Waals surface area contributed by atoms with Crippen molar-refractivity contribution >= 4 is 24.1 Å². The van der Waals surface area contributed by atoms with E-state index in [-0.39, 0.29) is 16.2 Å². The number of H-pyrrole nitrogens is 1. The summed E-state index contributed by atoms with van der Waals surface area (Å²) < 4.78 is 17.7. The van der Waals surface area contributed by atoms with Gasteiger partial charge in [0.2, 0.25) is 10.5 Å². The monoisotopic (exact) mass is 429 g/mol. The van der Waals surface area contributed by atoms with Crippen molar-refractivity contribution in [1.29, 1.82) is 0 Å². The van der Waals surface area contributed by atoms with E-state index in [1.807, 2.05) is 31.2 Å². The second-order valence-corrected chi connectivity index (χ2v) is 6.25. The fraction of sp³-hybridized carbons (Fsp3) is 0.211. The number of aromatic nitrogens is 3. The highest BCUT2D eigenvalue weighted by atomic mass is 32.1. The first kappa shape index (κ1) is 21.0. The van der Waals surface area contributed by atoms with Gasteiger partial charge in [0.15, 0.2) is 5.82 Å². The van der Waals surface area contributed by atoms with Crippen molar-refractivity contribution in [2.75, 3.05) is 20.8 Å². The molecule has 1 N–H and O–H groups in total. The Morgan fingerprint density at radius 1 is 1.23 bits per heavy atom. The normalized spacial score (nSPS) is 10.9. The zero-order valence-electron chi connectivity index (χ0n) is 16.5. The highest BCUT2D eigenvalue weighted by Gasteiger charge is 2.19. The van der Waals surface area contributed by atoms with E-state index in [4.69, 9.17) is 26.4 Å². The van der Waals surface area contributed by atoms with Crippen molar-refractivity contribution in [1.82, 2.24) is 14.9 Å². The summed E-state index contributed by atoms with van der Waals surface area (Å²) in [6.45, 7) is 2.37. The Morgan fingerprint density at radius 2 is 1.97 bits per heavy atom. The molecule has 0 saturated heterocycles. The lowest BCUT2D eigenvalue weighted by atomic mass is 10.1. The largest absolute Gasteiger partial charge is 0.496 e. The number of nitro benzene ring substituents is 1. The van der Waals surface area contributed by atoms with Crippen LogP contribution in [0.5, 0.6) is 17.2 Å². The molecule has 0 bridgehead atoms. The molecule has 0 spiro atoms. The Morgan fingerprint density at radius 3 is 2.63 bits per heavy atom. The van der Waals surface area contributed by atoms with Gasteiger partial charge in [0.25, 0.3) is 0 Å². The van der Waals surface area contributed by atoms with Gasteiger partial charge in [0, 0.05) is 17.7 Å². The van der Waals surface area contributed by atoms with Crippen molar-refractivity contribution in [3.63, 3.8) is 0 Å². The number of rotatable bonds is 8. The van der Waals surface area contributed by atoms with E-state index in [1.54, 1.807) is 0 Å². The summed E-state index contributed by atoms with van der Waals surface area (Å²) in [5, 5.41) is 22.7. The molecular formula is C19H19N5O5S. The summed E-state index contributed by atoms with van der Waals surface area (Å²) >= 11 is 5.30. The van der Waals surface area contributed by atoms with Crippen LogP contribution in [0.3, 0.4) is 0 Å². The first-order valence-electron chi connectivity index (χ1n) is 8.84. The van der Waals surface area contributed by atoms with E-state index in [2.05, 4.69) is 15.3 Å². The van der Waals surface area contributed by atoms with Crippen LogP contribution in [0.25, 0.3) is 11.4 Å². The van der Waals surface area contributed by atoms with Gasteiger partial charge < -0.3 is 14.2 Å². The Kier molecular flexibility index (Phi) is 6.42. The predicted molar refractivity (Wildman–Crippen MR) is 113 cm³/mol. The van der Waals surface area contributed by atoms with E-state index >= 15 is 0 Å². The summed E-state index contributed by atoms with van der Waals surface area (Å²) in [6.07, 6.45) is 1.41. The lowest BCUT2D eigenvalue weighted by molar-refractivity contribution is -0.385. The second kappa shape index (κ2) is 9.18. The number of nitro groups is 1. The van der Waals surface area contributed by atoms with Crippen LogP contribution in [0.4, 0.5) is 5.69 Å². The maximum atomic E-state index is 11.3. The quantitative estimate of drug-likeness (QED) is 0.250. The number of nitrogens with one attached hydrogen (secondary N) is 1. The first-order valence-corrected chi connectivity index (χ1v) is 9.25. The van der Waals surface area contributed by atoms with Gasteiger partial charge in [0.1, 0.15) is 11.5 Å². The molecule has 0 aliphatic heterocycles. The number of methoxy groups -OCH3 is 2. The third kappa shape index (κ3) is 4.15. The molecule has 2 aromatic carbocycles. The minimum Gasteiger partial charge on any atom is -0.496 e. The molecular weight excluding hydrogens is 410 g/mol. The SMILES string of the molecule is CCOc1ccccc1-c1n[nH]c(=S)n1/N=C\c1cc([N+](=O)[O-])c(OC)cc1OC. The van der Waals surface area contributed by atoms with Crippen molar-refractivity contribution in [3.8, 4) is 28.6 Å². The minimum atomic E-state index is -0.539. The van der Waals surface area contributed by atoms with E-state index in [9.17, 15) is 10.1 Å².